The van der Waals surface area contributed by atoms with Gasteiger partial charge in [-0.1, -0.05) is 11.6 Å². The number of aryl methyl sites for hydroxylation is 1. The third-order valence-corrected chi connectivity index (χ3v) is 4.27. The average Bonchev–Trinajstić information content (AvgIpc) is 2.99. The van der Waals surface area contributed by atoms with E-state index in [1.54, 1.807) is 30.3 Å². The zero-order valence-electron chi connectivity index (χ0n) is 10.6. The molecule has 20 heavy (non-hydrogen) atoms. The Labute approximate surface area is 123 Å². The smallest absolute Gasteiger partial charge is 0.408 e. The summed E-state index contributed by atoms with van der Waals surface area (Å²) in [5.41, 5.74) is 1.59. The van der Waals surface area contributed by atoms with Gasteiger partial charge in [0.1, 0.15) is 0 Å². The van der Waals surface area contributed by atoms with Gasteiger partial charge in [-0.25, -0.2) is 4.79 Å². The first-order valence-electron chi connectivity index (χ1n) is 6.03. The van der Waals surface area contributed by atoms with E-state index in [2.05, 4.69) is 0 Å². The number of thiophene rings is 1. The third-order valence-electron chi connectivity index (χ3n) is 3.04. The number of carbonyl (C=O) groups is 1. The summed E-state index contributed by atoms with van der Waals surface area (Å²) in [4.78, 5) is 24.5. The van der Waals surface area contributed by atoms with Crippen LogP contribution in [0, 0.1) is 0 Å². The van der Waals surface area contributed by atoms with Gasteiger partial charge < -0.3 is 4.42 Å². The number of rotatable bonds is 3. The second-order valence-corrected chi connectivity index (χ2v) is 5.94. The normalized spacial score (nSPS) is 11.1. The van der Waals surface area contributed by atoms with Gasteiger partial charge in [0.2, 0.25) is 5.78 Å². The van der Waals surface area contributed by atoms with Crippen LogP contribution >= 0.6 is 22.9 Å². The molecule has 0 saturated heterocycles. The molecule has 1 aromatic carbocycles. The number of nitrogens with zero attached hydrogens (tertiary/aromatic N) is 1. The minimum Gasteiger partial charge on any atom is -0.408 e. The molecular formula is C14H10ClNO3S. The molecule has 0 aliphatic rings. The van der Waals surface area contributed by atoms with E-state index in [1.807, 2.05) is 6.92 Å². The average molecular weight is 308 g/mol. The van der Waals surface area contributed by atoms with Crippen LogP contribution in [0.25, 0.3) is 11.1 Å². The molecule has 6 heteroatoms. The minimum absolute atomic E-state index is 0.129. The monoisotopic (exact) mass is 307 g/mol. The Morgan fingerprint density at radius 1 is 1.35 bits per heavy atom. The molecule has 2 heterocycles. The molecule has 3 aromatic rings. The summed E-state index contributed by atoms with van der Waals surface area (Å²) in [5.74, 6) is -0.540. The first kappa shape index (κ1) is 13.1. The van der Waals surface area contributed by atoms with Gasteiger partial charge in [0, 0.05) is 12.1 Å². The van der Waals surface area contributed by atoms with Gasteiger partial charge in [0.05, 0.1) is 14.7 Å². The molecule has 0 aliphatic heterocycles. The van der Waals surface area contributed by atoms with Crippen LogP contribution in [0.2, 0.25) is 4.34 Å². The third kappa shape index (κ3) is 2.09. The number of hydrogen-bond acceptors (Lipinski definition) is 4. The maximum absolute atomic E-state index is 12.3. The van der Waals surface area contributed by atoms with Crippen LogP contribution in [0.4, 0.5) is 0 Å². The molecule has 0 aliphatic carbocycles. The Morgan fingerprint density at radius 3 is 2.80 bits per heavy atom. The Morgan fingerprint density at radius 2 is 2.15 bits per heavy atom. The van der Waals surface area contributed by atoms with Crippen molar-refractivity contribution >= 4 is 39.8 Å². The van der Waals surface area contributed by atoms with Crippen LogP contribution in [0.15, 0.2) is 39.5 Å². The van der Waals surface area contributed by atoms with Crippen molar-refractivity contribution in [3.05, 3.63) is 55.7 Å². The quantitative estimate of drug-likeness (QED) is 0.695. The van der Waals surface area contributed by atoms with Gasteiger partial charge in [-0.2, -0.15) is 0 Å². The summed E-state index contributed by atoms with van der Waals surface area (Å²) in [6.07, 6.45) is 0. The number of halogens is 1. The molecule has 0 N–H and O–H groups in total. The van der Waals surface area contributed by atoms with Crippen molar-refractivity contribution in [1.82, 2.24) is 4.57 Å². The summed E-state index contributed by atoms with van der Waals surface area (Å²) in [5, 5.41) is 0. The molecule has 0 fully saturated rings. The van der Waals surface area contributed by atoms with Gasteiger partial charge in [-0.05, 0) is 37.3 Å². The summed E-state index contributed by atoms with van der Waals surface area (Å²) in [7, 11) is 0. The summed E-state index contributed by atoms with van der Waals surface area (Å²) < 4.78 is 7.24. The zero-order valence-corrected chi connectivity index (χ0v) is 12.1. The molecule has 0 atom stereocenters. The Bertz CT molecular complexity index is 859. The van der Waals surface area contributed by atoms with E-state index in [4.69, 9.17) is 16.0 Å². The topological polar surface area (TPSA) is 52.2 Å². The lowest BCUT2D eigenvalue weighted by Gasteiger charge is -1.99. The molecule has 4 nitrogen and oxygen atoms in total. The van der Waals surface area contributed by atoms with E-state index in [-0.39, 0.29) is 5.78 Å². The predicted octanol–water partition coefficient (Wildman–Crippen LogP) is 3.56. The predicted molar refractivity (Wildman–Crippen MR) is 78.9 cm³/mol. The van der Waals surface area contributed by atoms with Gasteiger partial charge in [0.25, 0.3) is 0 Å². The zero-order chi connectivity index (χ0) is 14.3. The molecule has 0 amide bonds. The van der Waals surface area contributed by atoms with Crippen molar-refractivity contribution in [2.45, 2.75) is 13.5 Å². The standard InChI is InChI=1S/C14H10ClNO3S/c1-2-16-9-4-3-8(7-10(9)19-14(16)18)13(17)11-5-6-12(15)20-11/h3-7H,2H2,1H3. The van der Waals surface area contributed by atoms with Crippen LogP contribution < -0.4 is 5.76 Å². The van der Waals surface area contributed by atoms with Crippen LogP contribution in [-0.4, -0.2) is 10.4 Å². The summed E-state index contributed by atoms with van der Waals surface area (Å²) in [6, 6.07) is 8.39. The lowest BCUT2D eigenvalue weighted by Crippen LogP contribution is -2.11. The summed E-state index contributed by atoms with van der Waals surface area (Å²) in [6.45, 7) is 2.39. The van der Waals surface area contributed by atoms with Crippen molar-refractivity contribution in [3.8, 4) is 0 Å². The number of benzene rings is 1. The molecular weight excluding hydrogens is 298 g/mol. The molecule has 0 spiro atoms. The van der Waals surface area contributed by atoms with Crippen molar-refractivity contribution < 1.29 is 9.21 Å². The summed E-state index contributed by atoms with van der Waals surface area (Å²) >= 11 is 7.06. The lowest BCUT2D eigenvalue weighted by molar-refractivity contribution is 0.104. The highest BCUT2D eigenvalue weighted by atomic mass is 35.5. The second kappa shape index (κ2) is 4.92. The lowest BCUT2D eigenvalue weighted by atomic mass is 10.1. The van der Waals surface area contributed by atoms with Crippen LogP contribution in [0.3, 0.4) is 0 Å². The molecule has 102 valence electrons. The molecule has 2 aromatic heterocycles. The van der Waals surface area contributed by atoms with Crippen molar-refractivity contribution in [1.29, 1.82) is 0 Å². The second-order valence-electron chi connectivity index (χ2n) is 4.23. The molecule has 3 rings (SSSR count). The van der Waals surface area contributed by atoms with Crippen molar-refractivity contribution in [2.24, 2.45) is 0 Å². The maximum atomic E-state index is 12.3. The number of fused-ring (bicyclic) bond motifs is 1. The van der Waals surface area contributed by atoms with E-state index in [9.17, 15) is 9.59 Å². The SMILES string of the molecule is CCn1c(=O)oc2cc(C(=O)c3ccc(Cl)s3)ccc21. The van der Waals surface area contributed by atoms with Crippen LogP contribution in [0.5, 0.6) is 0 Å². The van der Waals surface area contributed by atoms with Crippen LogP contribution in [-0.2, 0) is 6.54 Å². The number of ketones is 1. The van der Waals surface area contributed by atoms with E-state index >= 15 is 0 Å². The van der Waals surface area contributed by atoms with Crippen LogP contribution in [0.1, 0.15) is 22.2 Å². The molecule has 0 saturated carbocycles. The molecule has 0 unspecified atom stereocenters. The van der Waals surface area contributed by atoms with Gasteiger partial charge in [-0.15, -0.1) is 11.3 Å². The molecule has 0 radical (unpaired) electrons. The Hall–Kier alpha value is -1.85. The number of carbonyl (C=O) groups excluding carboxylic acids is 1. The largest absolute Gasteiger partial charge is 0.419 e. The minimum atomic E-state index is -0.411. The Kier molecular flexibility index (Phi) is 3.23. The molecule has 0 bridgehead atoms. The number of aromatic nitrogens is 1. The van der Waals surface area contributed by atoms with Crippen molar-refractivity contribution in [3.63, 3.8) is 0 Å². The fourth-order valence-corrected chi connectivity index (χ4v) is 3.09. The number of oxazole rings is 1. The number of hydrogen-bond donors (Lipinski definition) is 0. The fourth-order valence-electron chi connectivity index (χ4n) is 2.09. The highest BCUT2D eigenvalue weighted by molar-refractivity contribution is 7.18. The van der Waals surface area contributed by atoms with E-state index in [0.29, 0.717) is 32.4 Å². The van der Waals surface area contributed by atoms with E-state index in [0.717, 1.165) is 0 Å². The van der Waals surface area contributed by atoms with Gasteiger partial charge in [0.15, 0.2) is 5.58 Å². The van der Waals surface area contributed by atoms with Crippen molar-refractivity contribution in [2.75, 3.05) is 0 Å². The fraction of sp³-hybridized carbons (Fsp3) is 0.143. The first-order valence-corrected chi connectivity index (χ1v) is 7.23. The van der Waals surface area contributed by atoms with E-state index < -0.39 is 5.76 Å². The highest BCUT2D eigenvalue weighted by Gasteiger charge is 2.15. The highest BCUT2D eigenvalue weighted by Crippen LogP contribution is 2.25. The van der Waals surface area contributed by atoms with E-state index in [1.165, 1.54) is 15.9 Å². The van der Waals surface area contributed by atoms with Gasteiger partial charge >= 0.3 is 5.76 Å². The maximum Gasteiger partial charge on any atom is 0.419 e. The first-order chi connectivity index (χ1) is 9.60. The van der Waals surface area contributed by atoms with Gasteiger partial charge in [-0.3, -0.25) is 9.36 Å². The Balaban J connectivity index is 2.09.